The number of halogens is 1. The lowest BCUT2D eigenvalue weighted by molar-refractivity contribution is 0.0495. The van der Waals surface area contributed by atoms with Gasteiger partial charge in [-0.25, -0.2) is 0 Å². The Kier molecular flexibility index (Phi) is 12.6. The standard InChI is InChI=1S/C21H39IO3Si/c1-5-9-16-23-26(24-17-10-6-2,25-18-11-7-3)21(22)15-12-14-20(19-21)13-8-4/h12,14-15H,5-11,13,16-19H2,1-4H3. The maximum atomic E-state index is 6.54. The van der Waals surface area contributed by atoms with Crippen LogP contribution in [0.4, 0.5) is 0 Å². The van der Waals surface area contributed by atoms with Gasteiger partial charge in [-0.3, -0.25) is 0 Å². The van der Waals surface area contributed by atoms with Crippen molar-refractivity contribution >= 4 is 31.4 Å². The molecule has 0 fully saturated rings. The predicted octanol–water partition coefficient (Wildman–Crippen LogP) is 6.77. The fraction of sp³-hybridized carbons (Fsp3) is 0.810. The summed E-state index contributed by atoms with van der Waals surface area (Å²) in [6.07, 6.45) is 16.6. The lowest BCUT2D eigenvalue weighted by atomic mass is 10.0. The molecule has 0 amide bonds. The maximum Gasteiger partial charge on any atom is 0.522 e. The second-order valence-corrected chi connectivity index (χ2v) is 12.9. The van der Waals surface area contributed by atoms with Gasteiger partial charge in [-0.05, 0) is 32.1 Å². The molecule has 0 N–H and O–H groups in total. The van der Waals surface area contributed by atoms with Crippen LogP contribution in [0, 0.1) is 0 Å². The largest absolute Gasteiger partial charge is 0.522 e. The summed E-state index contributed by atoms with van der Waals surface area (Å²) < 4.78 is 19.4. The Balaban J connectivity index is 3.06. The molecule has 152 valence electrons. The first-order chi connectivity index (χ1) is 12.6. The zero-order chi connectivity index (χ0) is 19.3. The van der Waals surface area contributed by atoms with Crippen LogP contribution in [0.5, 0.6) is 0 Å². The number of allylic oxidation sites excluding steroid dienone is 4. The van der Waals surface area contributed by atoms with Crippen LogP contribution in [-0.2, 0) is 13.3 Å². The van der Waals surface area contributed by atoms with E-state index < -0.39 is 8.80 Å². The molecule has 0 aromatic carbocycles. The average molecular weight is 495 g/mol. The summed E-state index contributed by atoms with van der Waals surface area (Å²) in [5, 5.41) is 0. The van der Waals surface area contributed by atoms with E-state index in [1.54, 1.807) is 0 Å². The zero-order valence-corrected chi connectivity index (χ0v) is 20.5. The van der Waals surface area contributed by atoms with Gasteiger partial charge in [0, 0.05) is 19.8 Å². The monoisotopic (exact) mass is 494 g/mol. The Hall–Kier alpha value is 0.307. The van der Waals surface area contributed by atoms with E-state index >= 15 is 0 Å². The van der Waals surface area contributed by atoms with Crippen LogP contribution < -0.4 is 0 Å². The Bertz CT molecular complexity index is 412. The predicted molar refractivity (Wildman–Crippen MR) is 122 cm³/mol. The highest BCUT2D eigenvalue weighted by molar-refractivity contribution is 14.1. The van der Waals surface area contributed by atoms with Gasteiger partial charge < -0.3 is 13.3 Å². The molecule has 1 aliphatic carbocycles. The minimum absolute atomic E-state index is 0.195. The highest BCUT2D eigenvalue weighted by Gasteiger charge is 2.59. The van der Waals surface area contributed by atoms with Crippen LogP contribution in [0.3, 0.4) is 0 Å². The first-order valence-corrected chi connectivity index (χ1v) is 13.4. The first-order valence-electron chi connectivity index (χ1n) is 10.6. The van der Waals surface area contributed by atoms with E-state index in [9.17, 15) is 0 Å². The molecule has 0 aliphatic heterocycles. The highest BCUT2D eigenvalue weighted by atomic mass is 127. The second kappa shape index (κ2) is 13.5. The topological polar surface area (TPSA) is 27.7 Å². The molecule has 3 nitrogen and oxygen atoms in total. The molecular weight excluding hydrogens is 455 g/mol. The van der Waals surface area contributed by atoms with Crippen LogP contribution in [-0.4, -0.2) is 31.7 Å². The Morgan fingerprint density at radius 3 is 1.81 bits per heavy atom. The lowest BCUT2D eigenvalue weighted by Gasteiger charge is -2.42. The van der Waals surface area contributed by atoms with Crippen molar-refractivity contribution in [3.63, 3.8) is 0 Å². The van der Waals surface area contributed by atoms with Crippen LogP contribution in [0.15, 0.2) is 23.8 Å². The van der Waals surface area contributed by atoms with Crippen molar-refractivity contribution in [1.82, 2.24) is 0 Å². The SMILES string of the molecule is CCCCO[Si](OCCCC)(OCCCC)C1(I)C=CC=C(CCC)C1. The van der Waals surface area contributed by atoms with Crippen molar-refractivity contribution in [1.29, 1.82) is 0 Å². The summed E-state index contributed by atoms with van der Waals surface area (Å²) in [5.74, 6) is 0. The fourth-order valence-electron chi connectivity index (χ4n) is 3.03. The molecule has 1 aliphatic rings. The van der Waals surface area contributed by atoms with Crippen molar-refractivity contribution in [2.45, 2.75) is 88.5 Å². The number of unbranched alkanes of at least 4 members (excludes halogenated alkanes) is 3. The highest BCUT2D eigenvalue weighted by Crippen LogP contribution is 2.43. The zero-order valence-electron chi connectivity index (χ0n) is 17.3. The van der Waals surface area contributed by atoms with Crippen LogP contribution in [0.1, 0.15) is 85.5 Å². The summed E-state index contributed by atoms with van der Waals surface area (Å²) in [4.78, 5) is 0. The van der Waals surface area contributed by atoms with Gasteiger partial charge in [0.2, 0.25) is 0 Å². The molecule has 0 aromatic rings. The third-order valence-electron chi connectivity index (χ3n) is 4.63. The number of hydrogen-bond acceptors (Lipinski definition) is 3. The van der Waals surface area contributed by atoms with Gasteiger partial charge in [-0.15, -0.1) is 0 Å². The van der Waals surface area contributed by atoms with Crippen LogP contribution >= 0.6 is 22.6 Å². The van der Waals surface area contributed by atoms with Gasteiger partial charge in [0.15, 0.2) is 0 Å². The second-order valence-electron chi connectivity index (χ2n) is 7.14. The summed E-state index contributed by atoms with van der Waals surface area (Å²) in [6.45, 7) is 11.0. The van der Waals surface area contributed by atoms with Crippen molar-refractivity contribution in [2.24, 2.45) is 0 Å². The Labute approximate surface area is 176 Å². The smallest absolute Gasteiger partial charge is 0.372 e. The summed E-state index contributed by atoms with van der Waals surface area (Å²) >= 11 is 2.57. The molecule has 0 radical (unpaired) electrons. The molecule has 0 heterocycles. The normalized spacial score (nSPS) is 20.4. The molecule has 0 bridgehead atoms. The molecule has 26 heavy (non-hydrogen) atoms. The van der Waals surface area contributed by atoms with Crippen molar-refractivity contribution < 1.29 is 13.3 Å². The first kappa shape index (κ1) is 24.3. The van der Waals surface area contributed by atoms with E-state index in [4.69, 9.17) is 13.3 Å². The number of rotatable bonds is 15. The van der Waals surface area contributed by atoms with Gasteiger partial charge in [-0.2, -0.15) is 0 Å². The molecule has 1 unspecified atom stereocenters. The minimum Gasteiger partial charge on any atom is -0.372 e. The van der Waals surface area contributed by atoms with Crippen molar-refractivity contribution in [2.75, 3.05) is 19.8 Å². The molecule has 1 atom stereocenters. The van der Waals surface area contributed by atoms with Gasteiger partial charge in [0.25, 0.3) is 0 Å². The third kappa shape index (κ3) is 7.38. The number of hydrogen-bond donors (Lipinski definition) is 0. The Morgan fingerprint density at radius 1 is 0.885 bits per heavy atom. The van der Waals surface area contributed by atoms with E-state index in [2.05, 4.69) is 68.5 Å². The van der Waals surface area contributed by atoms with Crippen LogP contribution in [0.25, 0.3) is 0 Å². The maximum absolute atomic E-state index is 6.54. The minimum atomic E-state index is -2.84. The van der Waals surface area contributed by atoms with Gasteiger partial charge >= 0.3 is 8.80 Å². The van der Waals surface area contributed by atoms with E-state index in [1.807, 2.05) is 0 Å². The molecule has 0 saturated heterocycles. The summed E-state index contributed by atoms with van der Waals surface area (Å²) in [5.41, 5.74) is 1.48. The summed E-state index contributed by atoms with van der Waals surface area (Å²) in [6, 6.07) is 0. The molecule has 0 saturated carbocycles. The quantitative estimate of drug-likeness (QED) is 0.109. The fourth-order valence-corrected chi connectivity index (χ4v) is 8.08. The van der Waals surface area contributed by atoms with E-state index in [0.29, 0.717) is 0 Å². The Morgan fingerprint density at radius 2 is 1.38 bits per heavy atom. The molecule has 5 heteroatoms. The van der Waals surface area contributed by atoms with Crippen molar-refractivity contribution in [3.05, 3.63) is 23.8 Å². The van der Waals surface area contributed by atoms with Gasteiger partial charge in [0.05, 0.1) is 0 Å². The summed E-state index contributed by atoms with van der Waals surface area (Å²) in [7, 11) is -2.84. The van der Waals surface area contributed by atoms with E-state index in [0.717, 1.165) is 71.2 Å². The average Bonchev–Trinajstić information content (AvgIpc) is 2.62. The molecular formula is C21H39IO3Si. The lowest BCUT2D eigenvalue weighted by Crippen LogP contribution is -2.62. The van der Waals surface area contributed by atoms with Gasteiger partial charge in [-0.1, -0.05) is 99.8 Å². The van der Waals surface area contributed by atoms with Gasteiger partial charge in [0.1, 0.15) is 3.04 Å². The van der Waals surface area contributed by atoms with Crippen molar-refractivity contribution in [3.8, 4) is 0 Å². The molecule has 0 aromatic heterocycles. The number of alkyl halides is 1. The van der Waals surface area contributed by atoms with Crippen LogP contribution in [0.2, 0.25) is 0 Å². The molecule has 1 rings (SSSR count). The van der Waals surface area contributed by atoms with E-state index in [-0.39, 0.29) is 3.04 Å². The van der Waals surface area contributed by atoms with E-state index in [1.165, 1.54) is 12.0 Å². The molecule has 0 spiro atoms. The third-order valence-corrected chi connectivity index (χ3v) is 10.5.